The van der Waals surface area contributed by atoms with E-state index in [1.807, 2.05) is 6.07 Å². The summed E-state index contributed by atoms with van der Waals surface area (Å²) in [5, 5.41) is 11.3. The van der Waals surface area contributed by atoms with E-state index in [4.69, 9.17) is 9.79 Å². The van der Waals surface area contributed by atoms with E-state index >= 15 is 0 Å². The molecule has 0 aliphatic carbocycles. The van der Waals surface area contributed by atoms with Gasteiger partial charge in [-0.2, -0.15) is 5.26 Å². The highest BCUT2D eigenvalue weighted by molar-refractivity contribution is 7.32. The Morgan fingerprint density at radius 2 is 1.80 bits per heavy atom. The van der Waals surface area contributed by atoms with Crippen LogP contribution in [0.5, 0.6) is 0 Å². The average Bonchev–Trinajstić information content (AvgIpc) is 2.11. The van der Waals surface area contributed by atoms with E-state index in [1.54, 1.807) is 0 Å². The minimum atomic E-state index is 0.521. The van der Waals surface area contributed by atoms with Crippen LogP contribution in [0.25, 0.3) is 0 Å². The topological polar surface area (TPSA) is 45.0 Å². The lowest BCUT2D eigenvalue weighted by Gasteiger charge is -2.10. The Labute approximate surface area is 96.5 Å². The van der Waals surface area contributed by atoms with Crippen molar-refractivity contribution in [3.05, 3.63) is 0 Å². The zero-order chi connectivity index (χ0) is 12.1. The molecule has 0 aliphatic rings. The highest BCUT2D eigenvalue weighted by Crippen LogP contribution is 2.09. The standard InChI is InChI=1S/C6H15N.C5H10NOP/c1-5(2)7-6(3)4;1-2-8-7-5-3-4-6/h5-7H,1-4H3;8H,2-3,5H2,1H3. The maximum atomic E-state index is 8.04. The Kier molecular flexibility index (Phi) is 15.9. The minimum Gasteiger partial charge on any atom is -0.361 e. The van der Waals surface area contributed by atoms with Crippen LogP contribution in [0.4, 0.5) is 0 Å². The highest BCUT2D eigenvalue weighted by Gasteiger charge is 1.92. The van der Waals surface area contributed by atoms with Crippen LogP contribution in [0, 0.1) is 11.3 Å². The molecule has 0 aliphatic heterocycles. The fraction of sp³-hybridized carbons (Fsp3) is 0.909. The number of nitriles is 1. The summed E-state index contributed by atoms with van der Waals surface area (Å²) in [6, 6.07) is 3.26. The second-order valence-corrected chi connectivity index (χ2v) is 5.01. The van der Waals surface area contributed by atoms with Crippen LogP contribution in [-0.4, -0.2) is 24.9 Å². The number of rotatable bonds is 6. The van der Waals surface area contributed by atoms with E-state index in [0.29, 0.717) is 33.9 Å². The first-order chi connectivity index (χ1) is 7.04. The van der Waals surface area contributed by atoms with Crippen molar-refractivity contribution in [3.8, 4) is 6.07 Å². The van der Waals surface area contributed by atoms with E-state index < -0.39 is 0 Å². The predicted octanol–water partition coefficient (Wildman–Crippen LogP) is 2.92. The summed E-state index contributed by atoms with van der Waals surface area (Å²) in [4.78, 5) is 0. The van der Waals surface area contributed by atoms with Crippen LogP contribution in [0.1, 0.15) is 41.0 Å². The molecule has 0 heterocycles. The summed E-state index contributed by atoms with van der Waals surface area (Å²) in [7, 11) is 0.574. The SMILES string of the molecule is CC(C)NC(C)C.CCPOCCC#N. The zero-order valence-corrected chi connectivity index (χ0v) is 11.6. The molecule has 3 nitrogen and oxygen atoms in total. The van der Waals surface area contributed by atoms with Crippen molar-refractivity contribution in [1.29, 1.82) is 5.26 Å². The van der Waals surface area contributed by atoms with Crippen LogP contribution in [0.15, 0.2) is 0 Å². The number of nitrogens with one attached hydrogen (secondary N) is 1. The Balaban J connectivity index is 0. The van der Waals surface area contributed by atoms with Crippen LogP contribution in [0.3, 0.4) is 0 Å². The molecule has 0 aromatic rings. The zero-order valence-electron chi connectivity index (χ0n) is 10.6. The Morgan fingerprint density at radius 3 is 2.07 bits per heavy atom. The van der Waals surface area contributed by atoms with Crippen molar-refractivity contribution in [2.45, 2.75) is 53.1 Å². The molecule has 1 unspecified atom stereocenters. The smallest absolute Gasteiger partial charge is 0.0646 e. The van der Waals surface area contributed by atoms with Gasteiger partial charge in [0.25, 0.3) is 0 Å². The van der Waals surface area contributed by atoms with Crippen LogP contribution in [-0.2, 0) is 4.52 Å². The maximum absolute atomic E-state index is 8.04. The molecule has 0 amide bonds. The van der Waals surface area contributed by atoms with Crippen molar-refractivity contribution in [2.24, 2.45) is 0 Å². The van der Waals surface area contributed by atoms with Gasteiger partial charge >= 0.3 is 0 Å². The fourth-order valence-electron chi connectivity index (χ4n) is 0.938. The number of hydrogen-bond donors (Lipinski definition) is 1. The van der Waals surface area contributed by atoms with Crippen molar-refractivity contribution < 1.29 is 4.52 Å². The van der Waals surface area contributed by atoms with Gasteiger partial charge in [-0.15, -0.1) is 0 Å². The first kappa shape index (κ1) is 17.2. The first-order valence-corrected chi connectivity index (χ1v) is 6.63. The monoisotopic (exact) mass is 232 g/mol. The van der Waals surface area contributed by atoms with Crippen molar-refractivity contribution in [3.63, 3.8) is 0 Å². The number of hydrogen-bond acceptors (Lipinski definition) is 3. The third kappa shape index (κ3) is 24.8. The summed E-state index contributed by atoms with van der Waals surface area (Å²) >= 11 is 0. The summed E-state index contributed by atoms with van der Waals surface area (Å²) in [5.74, 6) is 0. The molecular weight excluding hydrogens is 207 g/mol. The van der Waals surface area contributed by atoms with E-state index in [2.05, 4.69) is 39.9 Å². The lowest BCUT2D eigenvalue weighted by atomic mass is 10.3. The van der Waals surface area contributed by atoms with Gasteiger partial charge in [0.05, 0.1) is 19.1 Å². The summed E-state index contributed by atoms with van der Waals surface area (Å²) in [6.45, 7) is 11.3. The quantitative estimate of drug-likeness (QED) is 0.565. The van der Waals surface area contributed by atoms with Gasteiger partial charge in [0, 0.05) is 20.9 Å². The van der Waals surface area contributed by atoms with Gasteiger partial charge in [0.15, 0.2) is 0 Å². The fourth-order valence-corrected chi connectivity index (χ4v) is 1.39. The molecular formula is C11H25N2OP. The van der Waals surface area contributed by atoms with Crippen molar-refractivity contribution in [2.75, 3.05) is 12.8 Å². The number of nitrogens with zero attached hydrogens (tertiary/aromatic N) is 1. The van der Waals surface area contributed by atoms with Crippen molar-refractivity contribution in [1.82, 2.24) is 5.32 Å². The average molecular weight is 232 g/mol. The molecule has 0 aromatic carbocycles. The summed E-state index contributed by atoms with van der Waals surface area (Å²) < 4.78 is 5.03. The lowest BCUT2D eigenvalue weighted by Crippen LogP contribution is -2.29. The molecule has 4 heteroatoms. The van der Waals surface area contributed by atoms with Crippen LogP contribution >= 0.6 is 8.81 Å². The highest BCUT2D eigenvalue weighted by atomic mass is 31.1. The third-order valence-electron chi connectivity index (χ3n) is 1.23. The molecule has 0 saturated heterocycles. The Bertz CT molecular complexity index is 149. The van der Waals surface area contributed by atoms with E-state index in [9.17, 15) is 0 Å². The second-order valence-electron chi connectivity index (χ2n) is 3.73. The molecule has 0 rings (SSSR count). The first-order valence-electron chi connectivity index (χ1n) is 5.52. The van der Waals surface area contributed by atoms with E-state index in [0.717, 1.165) is 6.16 Å². The molecule has 0 bridgehead atoms. The molecule has 90 valence electrons. The lowest BCUT2D eigenvalue weighted by molar-refractivity contribution is 0.374. The Morgan fingerprint density at radius 1 is 1.27 bits per heavy atom. The second kappa shape index (κ2) is 13.8. The van der Waals surface area contributed by atoms with Gasteiger partial charge in [0.2, 0.25) is 0 Å². The van der Waals surface area contributed by atoms with Gasteiger partial charge in [-0.3, -0.25) is 0 Å². The van der Waals surface area contributed by atoms with Gasteiger partial charge in [-0.25, -0.2) is 0 Å². The molecule has 0 fully saturated rings. The third-order valence-corrected chi connectivity index (χ3v) is 1.93. The molecule has 0 saturated carbocycles. The predicted molar refractivity (Wildman–Crippen MR) is 68.4 cm³/mol. The van der Waals surface area contributed by atoms with Gasteiger partial charge in [-0.1, -0.05) is 34.6 Å². The molecule has 1 N–H and O–H groups in total. The Hall–Kier alpha value is -0.160. The van der Waals surface area contributed by atoms with E-state index in [-0.39, 0.29) is 0 Å². The normalized spacial score (nSPS) is 10.5. The summed E-state index contributed by atoms with van der Waals surface area (Å²) in [5.41, 5.74) is 0. The largest absolute Gasteiger partial charge is 0.361 e. The maximum Gasteiger partial charge on any atom is 0.0646 e. The summed E-state index contributed by atoms with van der Waals surface area (Å²) in [6.07, 6.45) is 1.58. The van der Waals surface area contributed by atoms with Gasteiger partial charge in [-0.05, 0) is 6.16 Å². The van der Waals surface area contributed by atoms with Crippen LogP contribution < -0.4 is 5.32 Å². The molecule has 15 heavy (non-hydrogen) atoms. The molecule has 0 spiro atoms. The minimum absolute atomic E-state index is 0.521. The molecule has 1 atom stereocenters. The van der Waals surface area contributed by atoms with E-state index in [1.165, 1.54) is 0 Å². The van der Waals surface area contributed by atoms with Gasteiger partial charge < -0.3 is 9.84 Å². The van der Waals surface area contributed by atoms with Crippen LogP contribution in [0.2, 0.25) is 0 Å². The van der Waals surface area contributed by atoms with Gasteiger partial charge in [0.1, 0.15) is 0 Å². The molecule has 0 radical (unpaired) electrons. The van der Waals surface area contributed by atoms with Crippen molar-refractivity contribution >= 4 is 8.81 Å². The molecule has 0 aromatic heterocycles.